The van der Waals surface area contributed by atoms with Gasteiger partial charge in [0, 0.05) is 6.32 Å². The Kier molecular flexibility index (Phi) is 7.51. The highest BCUT2D eigenvalue weighted by atomic mass is 16.5. The Hall–Kier alpha value is -2.56. The maximum absolute atomic E-state index is 10.0. The van der Waals surface area contributed by atoms with Crippen LogP contribution in [-0.2, 0) is 4.65 Å². The van der Waals surface area contributed by atoms with Crippen molar-refractivity contribution >= 4 is 18.8 Å². The van der Waals surface area contributed by atoms with Crippen LogP contribution in [0.3, 0.4) is 0 Å². The summed E-state index contributed by atoms with van der Waals surface area (Å²) < 4.78 is 5.88. The Morgan fingerprint density at radius 3 is 2.55 bits per heavy atom. The monoisotopic (exact) mass is 388 g/mol. The molecule has 1 unspecified atom stereocenters. The highest BCUT2D eigenvalue weighted by molar-refractivity contribution is 6.43. The molecule has 0 saturated carbocycles. The number of phenolic OH excluding ortho intramolecular Hbond substituents is 1. The van der Waals surface area contributed by atoms with Gasteiger partial charge >= 0.3 is 7.12 Å². The van der Waals surface area contributed by atoms with Gasteiger partial charge in [-0.15, -0.1) is 0 Å². The van der Waals surface area contributed by atoms with Crippen molar-refractivity contribution in [1.29, 1.82) is 0 Å². The molecule has 0 aromatic heterocycles. The Bertz CT molecular complexity index is 869. The van der Waals surface area contributed by atoms with Gasteiger partial charge in [0.05, 0.1) is 6.10 Å². The number of benzene rings is 2. The van der Waals surface area contributed by atoms with Crippen LogP contribution in [0.25, 0.3) is 11.6 Å². The molecule has 3 nitrogen and oxygen atoms in total. The molecule has 0 radical (unpaired) electrons. The second-order valence-electron chi connectivity index (χ2n) is 7.49. The summed E-state index contributed by atoms with van der Waals surface area (Å²) in [6.07, 6.45) is 8.16. The molecule has 0 aliphatic carbocycles. The van der Waals surface area contributed by atoms with Crippen molar-refractivity contribution in [1.82, 2.24) is 0 Å². The van der Waals surface area contributed by atoms with Crippen molar-refractivity contribution in [3.63, 3.8) is 0 Å². The van der Waals surface area contributed by atoms with Crippen LogP contribution < -0.4 is 0 Å². The Balaban J connectivity index is 1.82. The summed E-state index contributed by atoms with van der Waals surface area (Å²) in [6.45, 7) is 6.38. The topological polar surface area (TPSA) is 49.7 Å². The van der Waals surface area contributed by atoms with E-state index < -0.39 is 7.12 Å². The molecular weight excluding hydrogens is 359 g/mol. The molecule has 1 atom stereocenters. The minimum Gasteiger partial charge on any atom is -0.508 e. The summed E-state index contributed by atoms with van der Waals surface area (Å²) in [4.78, 5) is 0. The third-order valence-corrected chi connectivity index (χ3v) is 5.22. The minimum atomic E-state index is -0.751. The van der Waals surface area contributed by atoms with E-state index in [1.165, 1.54) is 5.57 Å². The second-order valence-corrected chi connectivity index (χ2v) is 7.49. The van der Waals surface area contributed by atoms with Crippen LogP contribution in [0, 0.1) is 0 Å². The molecule has 0 saturated heterocycles. The van der Waals surface area contributed by atoms with Gasteiger partial charge < -0.3 is 14.8 Å². The third kappa shape index (κ3) is 5.96. The zero-order chi connectivity index (χ0) is 20.6. The van der Waals surface area contributed by atoms with Crippen LogP contribution in [0.15, 0.2) is 78.4 Å². The molecule has 2 N–H and O–H groups in total. The molecule has 3 rings (SSSR count). The molecular formula is C25H29BO3. The Morgan fingerprint density at radius 2 is 1.86 bits per heavy atom. The third-order valence-electron chi connectivity index (χ3n) is 5.22. The molecule has 150 valence electrons. The summed E-state index contributed by atoms with van der Waals surface area (Å²) in [5, 5.41) is 19.6. The molecule has 0 amide bonds. The van der Waals surface area contributed by atoms with Crippen LogP contribution in [0.2, 0.25) is 6.32 Å². The number of aromatic hydroxyl groups is 1. The lowest BCUT2D eigenvalue weighted by Crippen LogP contribution is -2.31. The standard InChI is InChI=1S/C25H29BO3/c1-3-7-19(2)24-16-17-26(28)29-25(24)15-12-22(21-8-5-4-6-9-21)18-20-10-13-23(27)14-11-20/h4-6,8-11,13-14,16,18,25,27-28H,2-3,7,12,15,17H2,1H3/b22-18-. The molecule has 4 heteroatoms. The van der Waals surface area contributed by atoms with E-state index in [0.29, 0.717) is 6.32 Å². The predicted octanol–water partition coefficient (Wildman–Crippen LogP) is 5.88. The Morgan fingerprint density at radius 1 is 1.14 bits per heavy atom. The maximum atomic E-state index is 10.0. The first-order valence-electron chi connectivity index (χ1n) is 10.3. The smallest absolute Gasteiger partial charge is 0.458 e. The van der Waals surface area contributed by atoms with E-state index in [2.05, 4.69) is 37.8 Å². The van der Waals surface area contributed by atoms with E-state index >= 15 is 0 Å². The summed E-state index contributed by atoms with van der Waals surface area (Å²) in [5.74, 6) is 0.261. The highest BCUT2D eigenvalue weighted by Gasteiger charge is 2.28. The second kappa shape index (κ2) is 10.3. The largest absolute Gasteiger partial charge is 0.508 e. The number of hydrogen-bond donors (Lipinski definition) is 2. The van der Waals surface area contributed by atoms with Crippen molar-refractivity contribution in [3.8, 4) is 5.75 Å². The maximum Gasteiger partial charge on any atom is 0.458 e. The van der Waals surface area contributed by atoms with E-state index in [1.807, 2.05) is 30.3 Å². The van der Waals surface area contributed by atoms with Gasteiger partial charge in [-0.25, -0.2) is 0 Å². The van der Waals surface area contributed by atoms with Crippen LogP contribution in [0.4, 0.5) is 0 Å². The van der Waals surface area contributed by atoms with Crippen LogP contribution in [-0.4, -0.2) is 23.4 Å². The van der Waals surface area contributed by atoms with Gasteiger partial charge in [-0.3, -0.25) is 0 Å². The van der Waals surface area contributed by atoms with E-state index in [-0.39, 0.29) is 11.9 Å². The minimum absolute atomic E-state index is 0.148. The summed E-state index contributed by atoms with van der Waals surface area (Å²) in [6, 6.07) is 17.5. The zero-order valence-corrected chi connectivity index (χ0v) is 17.1. The molecule has 1 aliphatic heterocycles. The van der Waals surface area contributed by atoms with E-state index in [0.717, 1.165) is 48.0 Å². The van der Waals surface area contributed by atoms with Gasteiger partial charge in [0.2, 0.25) is 0 Å². The predicted molar refractivity (Wildman–Crippen MR) is 121 cm³/mol. The first kappa shape index (κ1) is 21.2. The summed E-state index contributed by atoms with van der Waals surface area (Å²) in [7, 11) is -0.751. The van der Waals surface area contributed by atoms with Crippen molar-refractivity contribution in [2.45, 2.75) is 45.0 Å². The fourth-order valence-corrected chi connectivity index (χ4v) is 3.73. The lowest BCUT2D eigenvalue weighted by Gasteiger charge is -2.28. The van der Waals surface area contributed by atoms with E-state index in [4.69, 9.17) is 4.65 Å². The summed E-state index contributed by atoms with van der Waals surface area (Å²) >= 11 is 0. The lowest BCUT2D eigenvalue weighted by molar-refractivity contribution is 0.184. The molecule has 1 heterocycles. The van der Waals surface area contributed by atoms with Gasteiger partial charge in [-0.05, 0) is 59.2 Å². The highest BCUT2D eigenvalue weighted by Crippen LogP contribution is 2.32. The number of allylic oxidation sites excluding steroid dienone is 2. The van der Waals surface area contributed by atoms with E-state index in [9.17, 15) is 10.1 Å². The molecule has 2 aromatic carbocycles. The quantitative estimate of drug-likeness (QED) is 0.439. The number of hydrogen-bond acceptors (Lipinski definition) is 3. The van der Waals surface area contributed by atoms with Gasteiger partial charge in [0.25, 0.3) is 0 Å². The van der Waals surface area contributed by atoms with Crippen molar-refractivity contribution < 1.29 is 14.8 Å². The Labute approximate surface area is 174 Å². The van der Waals surface area contributed by atoms with Crippen LogP contribution in [0.5, 0.6) is 5.75 Å². The SMILES string of the molecule is C=C(CCC)C1=CCB(O)OC1CC/C(=C/c1ccc(O)cc1)c1ccccc1. The molecule has 0 spiro atoms. The first-order valence-corrected chi connectivity index (χ1v) is 10.3. The average molecular weight is 388 g/mol. The van der Waals surface area contributed by atoms with Gasteiger partial charge in [-0.2, -0.15) is 0 Å². The summed E-state index contributed by atoms with van der Waals surface area (Å²) in [5.41, 5.74) is 5.63. The normalized spacial score (nSPS) is 17.2. The lowest BCUT2D eigenvalue weighted by atomic mass is 9.77. The van der Waals surface area contributed by atoms with Gasteiger partial charge in [0.15, 0.2) is 0 Å². The van der Waals surface area contributed by atoms with Gasteiger partial charge in [-0.1, -0.05) is 74.5 Å². The number of rotatable bonds is 8. The van der Waals surface area contributed by atoms with Crippen LogP contribution in [0.1, 0.15) is 43.7 Å². The zero-order valence-electron chi connectivity index (χ0n) is 17.1. The molecule has 1 aliphatic rings. The molecule has 29 heavy (non-hydrogen) atoms. The fourth-order valence-electron chi connectivity index (χ4n) is 3.73. The first-order chi connectivity index (χ1) is 14.1. The van der Waals surface area contributed by atoms with Crippen molar-refractivity contribution in [3.05, 3.63) is 89.5 Å². The molecule has 2 aromatic rings. The van der Waals surface area contributed by atoms with Crippen LogP contribution >= 0.6 is 0 Å². The number of phenols is 1. The van der Waals surface area contributed by atoms with Crippen molar-refractivity contribution in [2.24, 2.45) is 0 Å². The fraction of sp³-hybridized carbons (Fsp3) is 0.280. The average Bonchev–Trinajstić information content (AvgIpc) is 2.73. The van der Waals surface area contributed by atoms with Gasteiger partial charge in [0.1, 0.15) is 5.75 Å². The van der Waals surface area contributed by atoms with Crippen molar-refractivity contribution in [2.75, 3.05) is 0 Å². The molecule has 0 bridgehead atoms. The van der Waals surface area contributed by atoms with E-state index in [1.54, 1.807) is 12.1 Å². The molecule has 0 fully saturated rings.